The van der Waals surface area contributed by atoms with Crippen molar-refractivity contribution >= 4 is 11.8 Å². The zero-order chi connectivity index (χ0) is 26.7. The van der Waals surface area contributed by atoms with Crippen LogP contribution in [0.25, 0.3) is 0 Å². The van der Waals surface area contributed by atoms with Gasteiger partial charge in [0.1, 0.15) is 0 Å². The predicted molar refractivity (Wildman–Crippen MR) is 151 cm³/mol. The van der Waals surface area contributed by atoms with Crippen molar-refractivity contribution in [3.8, 4) is 0 Å². The highest BCUT2D eigenvalue weighted by atomic mass is 16.2. The molecule has 3 fully saturated rings. The molecule has 1 aliphatic heterocycles. The first kappa shape index (κ1) is 25.4. The van der Waals surface area contributed by atoms with Crippen LogP contribution in [0.5, 0.6) is 0 Å². The Labute approximate surface area is 228 Å². The highest BCUT2D eigenvalue weighted by molar-refractivity contribution is 5.89. The molecule has 2 amide bonds. The lowest BCUT2D eigenvalue weighted by atomic mass is 9.47. The van der Waals surface area contributed by atoms with Crippen molar-refractivity contribution in [1.82, 2.24) is 9.80 Å². The minimum Gasteiger partial charge on any atom is -0.338 e. The third kappa shape index (κ3) is 3.78. The summed E-state index contributed by atoms with van der Waals surface area (Å²) in [6.45, 7) is 4.82. The number of nitrogens with zero attached hydrogens (tertiary/aromatic N) is 2. The van der Waals surface area contributed by atoms with Gasteiger partial charge >= 0.3 is 0 Å². The van der Waals surface area contributed by atoms with Crippen molar-refractivity contribution in [2.45, 2.75) is 64.5 Å². The lowest BCUT2D eigenvalue weighted by Gasteiger charge is -2.60. The topological polar surface area (TPSA) is 40.6 Å². The molecule has 3 aliphatic carbocycles. The Hall–Kier alpha value is -2.88. The average molecular weight is 511 g/mol. The normalized spacial score (nSPS) is 36.0. The summed E-state index contributed by atoms with van der Waals surface area (Å²) in [5.74, 6) is 2.29. The quantitative estimate of drug-likeness (QED) is 0.472. The van der Waals surface area contributed by atoms with Gasteiger partial charge in [-0.3, -0.25) is 9.59 Å². The number of carbonyl (C=O) groups excluding carboxylic acids is 2. The molecule has 0 bridgehead atoms. The number of rotatable bonds is 4. The standard InChI is InChI=1S/C34H42N2O2/c1-33-21-19-27-25(15-18-29-34(27,2)22-20-30(37)35(29)3)26(33)16-17-28(33)32(38)36(4)31(23-11-7-5-8-12-23)24-13-9-6-10-14-24/h5-14,20,22,25-29,31H,15-19,21H2,1-4H3/t25-,26-,27+,28?,29?,33-,34+/m0/s1. The number of hydrogen-bond donors (Lipinski definition) is 0. The van der Waals surface area contributed by atoms with E-state index in [0.29, 0.717) is 29.7 Å². The molecular formula is C34H42N2O2. The Bertz CT molecular complexity index is 1190. The van der Waals surface area contributed by atoms with Gasteiger partial charge in [-0.25, -0.2) is 0 Å². The molecule has 7 atom stereocenters. The number of hydrogen-bond acceptors (Lipinski definition) is 2. The van der Waals surface area contributed by atoms with Gasteiger partial charge in [0.2, 0.25) is 11.8 Å². The van der Waals surface area contributed by atoms with E-state index in [0.717, 1.165) is 43.2 Å². The highest BCUT2D eigenvalue weighted by Gasteiger charge is 2.61. The van der Waals surface area contributed by atoms with E-state index in [9.17, 15) is 9.59 Å². The summed E-state index contributed by atoms with van der Waals surface area (Å²) in [5, 5.41) is 0. The Morgan fingerprint density at radius 1 is 0.895 bits per heavy atom. The molecule has 38 heavy (non-hydrogen) atoms. The van der Waals surface area contributed by atoms with Crippen molar-refractivity contribution in [1.29, 1.82) is 0 Å². The van der Waals surface area contributed by atoms with Gasteiger partial charge in [-0.05, 0) is 78.9 Å². The van der Waals surface area contributed by atoms with Gasteiger partial charge in [0.05, 0.1) is 6.04 Å². The summed E-state index contributed by atoms with van der Waals surface area (Å²) in [7, 11) is 4.00. The fraction of sp³-hybridized carbons (Fsp3) is 0.529. The van der Waals surface area contributed by atoms with E-state index in [2.05, 4.69) is 68.5 Å². The zero-order valence-corrected chi connectivity index (χ0v) is 23.3. The van der Waals surface area contributed by atoms with E-state index in [1.807, 2.05) is 42.1 Å². The van der Waals surface area contributed by atoms with Crippen molar-refractivity contribution < 1.29 is 9.59 Å². The van der Waals surface area contributed by atoms with Crippen LogP contribution in [0.3, 0.4) is 0 Å². The third-order valence-electron chi connectivity index (χ3n) is 11.4. The van der Waals surface area contributed by atoms with Gasteiger partial charge in [0.25, 0.3) is 0 Å². The van der Waals surface area contributed by atoms with E-state index in [1.165, 1.54) is 6.42 Å². The maximum Gasteiger partial charge on any atom is 0.246 e. The number of fused-ring (bicyclic) bond motifs is 5. The van der Waals surface area contributed by atoms with Crippen LogP contribution in [-0.2, 0) is 9.59 Å². The van der Waals surface area contributed by atoms with Gasteiger partial charge in [0, 0.05) is 31.5 Å². The minimum atomic E-state index is -0.0845. The maximum absolute atomic E-state index is 14.4. The lowest BCUT2D eigenvalue weighted by Crippen LogP contribution is -2.60. The second-order valence-electron chi connectivity index (χ2n) is 13.0. The highest BCUT2D eigenvalue weighted by Crippen LogP contribution is 2.65. The largest absolute Gasteiger partial charge is 0.338 e. The summed E-state index contributed by atoms with van der Waals surface area (Å²) >= 11 is 0. The van der Waals surface area contributed by atoms with Gasteiger partial charge in [0.15, 0.2) is 0 Å². The fourth-order valence-electron chi connectivity index (χ4n) is 9.43. The molecule has 0 N–H and O–H groups in total. The minimum absolute atomic E-state index is 0.0355. The number of amides is 2. The summed E-state index contributed by atoms with van der Waals surface area (Å²) in [6.07, 6.45) is 10.7. The molecule has 2 unspecified atom stereocenters. The van der Waals surface area contributed by atoms with Gasteiger partial charge in [-0.1, -0.05) is 80.6 Å². The number of benzene rings is 2. The molecule has 1 heterocycles. The summed E-state index contributed by atoms with van der Waals surface area (Å²) in [6, 6.07) is 21.1. The van der Waals surface area contributed by atoms with Gasteiger partial charge < -0.3 is 9.80 Å². The van der Waals surface area contributed by atoms with Crippen LogP contribution in [0, 0.1) is 34.5 Å². The van der Waals surface area contributed by atoms with Gasteiger partial charge in [-0.15, -0.1) is 0 Å². The van der Waals surface area contributed by atoms with Crippen LogP contribution in [0.4, 0.5) is 0 Å². The molecule has 2 aromatic carbocycles. The lowest BCUT2D eigenvalue weighted by molar-refractivity contribution is -0.147. The first-order valence-corrected chi connectivity index (χ1v) is 14.6. The molecule has 200 valence electrons. The molecule has 0 saturated heterocycles. The van der Waals surface area contributed by atoms with Crippen molar-refractivity contribution in [2.75, 3.05) is 14.1 Å². The predicted octanol–water partition coefficient (Wildman–Crippen LogP) is 6.49. The first-order valence-electron chi connectivity index (χ1n) is 14.6. The van der Waals surface area contributed by atoms with Crippen LogP contribution >= 0.6 is 0 Å². The monoisotopic (exact) mass is 510 g/mol. The molecule has 6 rings (SSSR count). The van der Waals surface area contributed by atoms with Crippen molar-refractivity contribution in [3.05, 3.63) is 83.9 Å². The van der Waals surface area contributed by atoms with Crippen LogP contribution in [0.15, 0.2) is 72.8 Å². The molecule has 0 spiro atoms. The second kappa shape index (κ2) is 9.39. The van der Waals surface area contributed by atoms with Gasteiger partial charge in [-0.2, -0.15) is 0 Å². The number of carbonyl (C=O) groups is 2. The van der Waals surface area contributed by atoms with E-state index >= 15 is 0 Å². The first-order chi connectivity index (χ1) is 18.3. The van der Waals surface area contributed by atoms with E-state index in [1.54, 1.807) is 0 Å². The van der Waals surface area contributed by atoms with E-state index < -0.39 is 0 Å². The average Bonchev–Trinajstić information content (AvgIpc) is 3.29. The molecule has 0 aromatic heterocycles. The van der Waals surface area contributed by atoms with Crippen LogP contribution < -0.4 is 0 Å². The molecule has 2 aromatic rings. The summed E-state index contributed by atoms with van der Waals surface area (Å²) in [4.78, 5) is 30.9. The second-order valence-corrected chi connectivity index (χ2v) is 13.0. The van der Waals surface area contributed by atoms with E-state index in [4.69, 9.17) is 0 Å². The summed E-state index contributed by atoms with van der Waals surface area (Å²) < 4.78 is 0. The Balaban J connectivity index is 1.28. The Morgan fingerprint density at radius 3 is 2.16 bits per heavy atom. The SMILES string of the molecule is CN(C(=O)C1CC[C@H]2[C@@H]3CCC4N(C)C(=O)C=C[C@]4(C)[C@@H]3CC[C@]12C)C(c1ccccc1)c1ccccc1. The molecule has 3 saturated carbocycles. The molecule has 4 aliphatic rings. The zero-order valence-electron chi connectivity index (χ0n) is 23.3. The fourth-order valence-corrected chi connectivity index (χ4v) is 9.43. The van der Waals surface area contributed by atoms with Crippen LogP contribution in [-0.4, -0.2) is 41.8 Å². The molecule has 4 nitrogen and oxygen atoms in total. The van der Waals surface area contributed by atoms with Crippen LogP contribution in [0.2, 0.25) is 0 Å². The summed E-state index contributed by atoms with van der Waals surface area (Å²) in [5.41, 5.74) is 2.39. The molecule has 4 heteroatoms. The Morgan fingerprint density at radius 2 is 1.53 bits per heavy atom. The smallest absolute Gasteiger partial charge is 0.246 e. The maximum atomic E-state index is 14.4. The number of likely N-dealkylation sites (N-methyl/N-ethyl adjacent to an activating group) is 1. The van der Waals surface area contributed by atoms with Crippen molar-refractivity contribution in [2.24, 2.45) is 34.5 Å². The Kier molecular flexibility index (Phi) is 6.28. The van der Waals surface area contributed by atoms with E-state index in [-0.39, 0.29) is 28.7 Å². The molecular weight excluding hydrogens is 468 g/mol. The van der Waals surface area contributed by atoms with Crippen molar-refractivity contribution in [3.63, 3.8) is 0 Å². The molecule has 0 radical (unpaired) electrons. The third-order valence-corrected chi connectivity index (χ3v) is 11.4. The van der Waals surface area contributed by atoms with Crippen LogP contribution in [0.1, 0.15) is 69.5 Å².